The molecule has 2 atom stereocenters. The van der Waals surface area contributed by atoms with Gasteiger partial charge < -0.3 is 10.2 Å². The van der Waals surface area contributed by atoms with Crippen molar-refractivity contribution in [2.75, 3.05) is 13.1 Å². The van der Waals surface area contributed by atoms with Crippen LogP contribution in [-0.4, -0.2) is 36.0 Å². The lowest BCUT2D eigenvalue weighted by molar-refractivity contribution is 0.0567. The predicted molar refractivity (Wildman–Crippen MR) is 83.4 cm³/mol. The highest BCUT2D eigenvalue weighted by molar-refractivity contribution is 7.12. The summed E-state index contributed by atoms with van der Waals surface area (Å²) in [5.41, 5.74) is 1.21. The number of likely N-dealkylation sites (tertiary alicyclic amines) is 1. The number of hydrogen-bond acceptors (Lipinski definition) is 3. The van der Waals surface area contributed by atoms with E-state index in [0.29, 0.717) is 12.1 Å². The Morgan fingerprint density at radius 1 is 1.40 bits per heavy atom. The van der Waals surface area contributed by atoms with Crippen LogP contribution in [0.2, 0.25) is 0 Å². The van der Waals surface area contributed by atoms with Crippen LogP contribution in [0, 0.1) is 0 Å². The molecule has 2 aliphatic rings. The molecular formula is C16H24N2OS. The van der Waals surface area contributed by atoms with E-state index in [2.05, 4.69) is 28.6 Å². The van der Waals surface area contributed by atoms with E-state index in [4.69, 9.17) is 0 Å². The maximum atomic E-state index is 12.9. The van der Waals surface area contributed by atoms with Crippen molar-refractivity contribution < 1.29 is 4.79 Å². The van der Waals surface area contributed by atoms with Gasteiger partial charge in [0.25, 0.3) is 5.91 Å². The molecular weight excluding hydrogens is 268 g/mol. The van der Waals surface area contributed by atoms with E-state index in [9.17, 15) is 4.79 Å². The molecule has 20 heavy (non-hydrogen) atoms. The first-order valence-electron chi connectivity index (χ1n) is 7.92. The summed E-state index contributed by atoms with van der Waals surface area (Å²) in [7, 11) is 0. The van der Waals surface area contributed by atoms with Crippen LogP contribution in [0.1, 0.15) is 54.3 Å². The molecule has 0 radical (unpaired) electrons. The van der Waals surface area contributed by atoms with Crippen LogP contribution in [0.3, 0.4) is 0 Å². The highest BCUT2D eigenvalue weighted by atomic mass is 32.1. The van der Waals surface area contributed by atoms with Crippen molar-refractivity contribution in [2.45, 2.75) is 57.5 Å². The second kappa shape index (κ2) is 6.27. The van der Waals surface area contributed by atoms with E-state index in [1.54, 1.807) is 11.3 Å². The second-order valence-corrected chi connectivity index (χ2v) is 6.81. The minimum Gasteiger partial charge on any atom is -0.333 e. The Morgan fingerprint density at radius 2 is 2.30 bits per heavy atom. The fourth-order valence-corrected chi connectivity index (χ4v) is 4.55. The van der Waals surface area contributed by atoms with E-state index < -0.39 is 0 Å². The smallest absolute Gasteiger partial charge is 0.264 e. The van der Waals surface area contributed by atoms with Gasteiger partial charge in [-0.05, 0) is 62.1 Å². The van der Waals surface area contributed by atoms with Gasteiger partial charge in [-0.1, -0.05) is 6.92 Å². The molecule has 4 heteroatoms. The van der Waals surface area contributed by atoms with Crippen LogP contribution < -0.4 is 5.32 Å². The van der Waals surface area contributed by atoms with Gasteiger partial charge in [0.1, 0.15) is 0 Å². The number of nitrogens with one attached hydrogen (secondary N) is 1. The van der Waals surface area contributed by atoms with E-state index in [1.165, 1.54) is 24.8 Å². The van der Waals surface area contributed by atoms with Crippen LogP contribution >= 0.6 is 11.3 Å². The molecule has 1 N–H and O–H groups in total. The highest BCUT2D eigenvalue weighted by Crippen LogP contribution is 2.28. The van der Waals surface area contributed by atoms with Crippen LogP contribution in [0.4, 0.5) is 0 Å². The van der Waals surface area contributed by atoms with Gasteiger partial charge in [0.2, 0.25) is 0 Å². The molecule has 0 aliphatic carbocycles. The Balaban J connectivity index is 1.80. The number of amides is 1. The summed E-state index contributed by atoms with van der Waals surface area (Å²) in [6.45, 7) is 4.18. The van der Waals surface area contributed by atoms with Gasteiger partial charge in [-0.15, -0.1) is 11.3 Å². The zero-order chi connectivity index (χ0) is 13.9. The van der Waals surface area contributed by atoms with Crippen molar-refractivity contribution in [3.05, 3.63) is 21.9 Å². The topological polar surface area (TPSA) is 32.3 Å². The summed E-state index contributed by atoms with van der Waals surface area (Å²) in [4.78, 5) is 16.1. The Bertz CT molecular complexity index is 465. The van der Waals surface area contributed by atoms with Crippen molar-refractivity contribution in [3.63, 3.8) is 0 Å². The molecule has 1 aromatic heterocycles. The molecule has 2 saturated heterocycles. The number of hydrogen-bond donors (Lipinski definition) is 1. The Kier molecular flexibility index (Phi) is 4.41. The third kappa shape index (κ3) is 2.63. The maximum Gasteiger partial charge on any atom is 0.264 e. The number of aryl methyl sites for hydroxylation is 1. The lowest BCUT2D eigenvalue weighted by atomic mass is 9.94. The average molecular weight is 292 g/mol. The van der Waals surface area contributed by atoms with Crippen LogP contribution in [-0.2, 0) is 6.42 Å². The van der Waals surface area contributed by atoms with Gasteiger partial charge in [-0.3, -0.25) is 4.79 Å². The third-order valence-electron chi connectivity index (χ3n) is 4.69. The van der Waals surface area contributed by atoms with Gasteiger partial charge >= 0.3 is 0 Å². The standard InChI is InChI=1S/C16H24N2OS/c1-2-12-8-11-20-15(12)16(19)18-10-4-3-7-14(18)13-6-5-9-17-13/h8,11,13-14,17H,2-7,9-10H2,1H3. The number of piperidine rings is 1. The van der Waals surface area contributed by atoms with Crippen LogP contribution in [0.5, 0.6) is 0 Å². The number of nitrogens with zero attached hydrogens (tertiary/aromatic N) is 1. The van der Waals surface area contributed by atoms with Gasteiger partial charge in [0.05, 0.1) is 4.88 Å². The molecule has 2 aliphatic heterocycles. The number of thiophene rings is 1. The van der Waals surface area contributed by atoms with Crippen LogP contribution in [0.15, 0.2) is 11.4 Å². The largest absolute Gasteiger partial charge is 0.333 e. The first-order valence-corrected chi connectivity index (χ1v) is 8.80. The first-order chi connectivity index (χ1) is 9.81. The number of rotatable bonds is 3. The van der Waals surface area contributed by atoms with Crippen molar-refractivity contribution in [2.24, 2.45) is 0 Å². The SMILES string of the molecule is CCc1ccsc1C(=O)N1CCCCC1C1CCCN1. The number of carbonyl (C=O) groups is 1. The third-order valence-corrected chi connectivity index (χ3v) is 5.64. The number of carbonyl (C=O) groups excluding carboxylic acids is 1. The highest BCUT2D eigenvalue weighted by Gasteiger charge is 2.35. The molecule has 3 nitrogen and oxygen atoms in total. The van der Waals surface area contributed by atoms with Gasteiger partial charge in [-0.25, -0.2) is 0 Å². The molecule has 3 heterocycles. The molecule has 0 spiro atoms. The quantitative estimate of drug-likeness (QED) is 0.928. The predicted octanol–water partition coefficient (Wildman–Crippen LogP) is 3.06. The minimum atomic E-state index is 0.273. The summed E-state index contributed by atoms with van der Waals surface area (Å²) >= 11 is 1.61. The molecule has 2 unspecified atom stereocenters. The average Bonchev–Trinajstić information content (AvgIpc) is 3.17. The summed E-state index contributed by atoms with van der Waals surface area (Å²) in [6, 6.07) is 3.03. The first kappa shape index (κ1) is 14.1. The second-order valence-electron chi connectivity index (χ2n) is 5.89. The minimum absolute atomic E-state index is 0.273. The fourth-order valence-electron chi connectivity index (χ4n) is 3.60. The monoisotopic (exact) mass is 292 g/mol. The lowest BCUT2D eigenvalue weighted by Gasteiger charge is -2.39. The normalized spacial score (nSPS) is 26.9. The summed E-state index contributed by atoms with van der Waals surface area (Å²) in [6.07, 6.45) is 7.00. The van der Waals surface area contributed by atoms with E-state index in [1.807, 2.05) is 0 Å². The van der Waals surface area contributed by atoms with Gasteiger partial charge in [0.15, 0.2) is 0 Å². The summed E-state index contributed by atoms with van der Waals surface area (Å²) in [5, 5.41) is 5.65. The molecule has 0 saturated carbocycles. The van der Waals surface area contributed by atoms with Gasteiger partial charge in [-0.2, -0.15) is 0 Å². The van der Waals surface area contributed by atoms with E-state index in [-0.39, 0.29) is 5.91 Å². The van der Waals surface area contributed by atoms with Gasteiger partial charge in [0, 0.05) is 18.6 Å². The van der Waals surface area contributed by atoms with Crippen LogP contribution in [0.25, 0.3) is 0 Å². The summed E-state index contributed by atoms with van der Waals surface area (Å²) in [5.74, 6) is 0.273. The Hall–Kier alpha value is -0.870. The van der Waals surface area contributed by atoms with Crippen molar-refractivity contribution in [1.82, 2.24) is 10.2 Å². The van der Waals surface area contributed by atoms with E-state index in [0.717, 1.165) is 37.2 Å². The van der Waals surface area contributed by atoms with Crippen molar-refractivity contribution in [1.29, 1.82) is 0 Å². The molecule has 1 aromatic rings. The summed E-state index contributed by atoms with van der Waals surface area (Å²) < 4.78 is 0. The molecule has 0 aromatic carbocycles. The molecule has 110 valence electrons. The maximum absolute atomic E-state index is 12.9. The molecule has 1 amide bonds. The molecule has 0 bridgehead atoms. The molecule has 3 rings (SSSR count). The zero-order valence-corrected chi connectivity index (χ0v) is 13.0. The van der Waals surface area contributed by atoms with Crippen molar-refractivity contribution >= 4 is 17.2 Å². The Labute approximate surface area is 125 Å². The molecule has 2 fully saturated rings. The Morgan fingerprint density at radius 3 is 3.05 bits per heavy atom. The fraction of sp³-hybridized carbons (Fsp3) is 0.688. The van der Waals surface area contributed by atoms with Crippen molar-refractivity contribution in [3.8, 4) is 0 Å². The lowest BCUT2D eigenvalue weighted by Crippen LogP contribution is -2.52. The van der Waals surface area contributed by atoms with E-state index >= 15 is 0 Å². The zero-order valence-electron chi connectivity index (χ0n) is 12.2.